The van der Waals surface area contributed by atoms with E-state index >= 15 is 0 Å². The summed E-state index contributed by atoms with van der Waals surface area (Å²) < 4.78 is 4.97. The number of methoxy groups -OCH3 is 1. The third-order valence-corrected chi connectivity index (χ3v) is 1.80. The van der Waals surface area contributed by atoms with Gasteiger partial charge in [-0.3, -0.25) is 15.6 Å². The SMILES string of the molecule is COc1ccc(NNC(=O)/C=C/C(=O)O)cc1. The first-order valence-corrected chi connectivity index (χ1v) is 4.73. The predicted octanol–water partition coefficient (Wildman–Crippen LogP) is 0.779. The molecule has 0 saturated carbocycles. The largest absolute Gasteiger partial charge is 0.497 e. The molecule has 90 valence electrons. The second-order valence-electron chi connectivity index (χ2n) is 3.01. The van der Waals surface area contributed by atoms with Crippen LogP contribution in [-0.4, -0.2) is 24.1 Å². The van der Waals surface area contributed by atoms with Crippen molar-refractivity contribution in [3.8, 4) is 5.75 Å². The van der Waals surface area contributed by atoms with Crippen LogP contribution in [0.25, 0.3) is 0 Å². The van der Waals surface area contributed by atoms with Gasteiger partial charge in [-0.25, -0.2) is 4.79 Å². The number of carboxylic acid groups (broad SMARTS) is 1. The standard InChI is InChI=1S/C11H12N2O4/c1-17-9-4-2-8(3-5-9)12-13-10(14)6-7-11(15)16/h2-7,12H,1H3,(H,13,14)(H,15,16)/b7-6+. The van der Waals surface area contributed by atoms with E-state index in [0.29, 0.717) is 11.4 Å². The van der Waals surface area contributed by atoms with Gasteiger partial charge in [-0.15, -0.1) is 0 Å². The highest BCUT2D eigenvalue weighted by Crippen LogP contribution is 2.13. The maximum atomic E-state index is 11.1. The van der Waals surface area contributed by atoms with Gasteiger partial charge in [0.2, 0.25) is 0 Å². The van der Waals surface area contributed by atoms with Gasteiger partial charge in [0.15, 0.2) is 0 Å². The van der Waals surface area contributed by atoms with Gasteiger partial charge in [0.05, 0.1) is 12.8 Å². The second kappa shape index (κ2) is 6.16. The number of carboxylic acids is 1. The van der Waals surface area contributed by atoms with Crippen LogP contribution in [0.1, 0.15) is 0 Å². The number of hydrogen-bond acceptors (Lipinski definition) is 4. The quantitative estimate of drug-likeness (QED) is 0.519. The lowest BCUT2D eigenvalue weighted by atomic mass is 10.3. The van der Waals surface area contributed by atoms with Gasteiger partial charge >= 0.3 is 5.97 Å². The zero-order valence-electron chi connectivity index (χ0n) is 9.14. The molecule has 17 heavy (non-hydrogen) atoms. The molecule has 0 fully saturated rings. The Hall–Kier alpha value is -2.50. The predicted molar refractivity (Wildman–Crippen MR) is 61.5 cm³/mol. The maximum absolute atomic E-state index is 11.1. The van der Waals surface area contributed by atoms with Crippen LogP contribution >= 0.6 is 0 Å². The number of carbonyl (C=O) groups excluding carboxylic acids is 1. The molecule has 0 spiro atoms. The normalized spacial score (nSPS) is 9.94. The summed E-state index contributed by atoms with van der Waals surface area (Å²) >= 11 is 0. The molecule has 0 radical (unpaired) electrons. The van der Waals surface area contributed by atoms with Gasteiger partial charge in [0.1, 0.15) is 5.75 Å². The molecular weight excluding hydrogens is 224 g/mol. The number of hydrogen-bond donors (Lipinski definition) is 3. The average molecular weight is 236 g/mol. The summed E-state index contributed by atoms with van der Waals surface area (Å²) in [4.78, 5) is 21.2. The van der Waals surface area contributed by atoms with E-state index in [1.165, 1.54) is 0 Å². The Balaban J connectivity index is 2.44. The molecule has 3 N–H and O–H groups in total. The molecule has 0 aliphatic carbocycles. The van der Waals surface area contributed by atoms with Gasteiger partial charge in [-0.05, 0) is 24.3 Å². The molecule has 0 bridgehead atoms. The molecule has 1 aromatic rings. The number of rotatable bonds is 5. The second-order valence-corrected chi connectivity index (χ2v) is 3.01. The lowest BCUT2D eigenvalue weighted by Gasteiger charge is -2.06. The fourth-order valence-corrected chi connectivity index (χ4v) is 0.997. The highest BCUT2D eigenvalue weighted by molar-refractivity contribution is 5.94. The minimum Gasteiger partial charge on any atom is -0.497 e. The summed E-state index contributed by atoms with van der Waals surface area (Å²) in [5, 5.41) is 8.30. The molecule has 6 nitrogen and oxygen atoms in total. The monoisotopic (exact) mass is 236 g/mol. The molecule has 0 atom stereocenters. The summed E-state index contributed by atoms with van der Waals surface area (Å²) in [6, 6.07) is 6.86. The molecule has 0 aliphatic rings. The van der Waals surface area contributed by atoms with E-state index in [0.717, 1.165) is 12.2 Å². The van der Waals surface area contributed by atoms with Crippen LogP contribution in [0.2, 0.25) is 0 Å². The Morgan fingerprint density at radius 3 is 2.41 bits per heavy atom. The molecule has 6 heteroatoms. The van der Waals surface area contributed by atoms with E-state index < -0.39 is 11.9 Å². The van der Waals surface area contributed by atoms with Crippen LogP contribution in [0, 0.1) is 0 Å². The van der Waals surface area contributed by atoms with Gasteiger partial charge < -0.3 is 9.84 Å². The maximum Gasteiger partial charge on any atom is 0.328 e. The first-order chi connectivity index (χ1) is 8.11. The highest BCUT2D eigenvalue weighted by Gasteiger charge is 1.97. The summed E-state index contributed by atoms with van der Waals surface area (Å²) in [7, 11) is 1.56. The Morgan fingerprint density at radius 1 is 1.24 bits per heavy atom. The van der Waals surface area contributed by atoms with Crippen LogP contribution in [0.15, 0.2) is 36.4 Å². The van der Waals surface area contributed by atoms with E-state index in [1.54, 1.807) is 31.4 Å². The van der Waals surface area contributed by atoms with Crippen molar-refractivity contribution in [3.05, 3.63) is 36.4 Å². The first kappa shape index (κ1) is 12.6. The van der Waals surface area contributed by atoms with Crippen molar-refractivity contribution in [3.63, 3.8) is 0 Å². The zero-order valence-corrected chi connectivity index (χ0v) is 9.14. The third-order valence-electron chi connectivity index (χ3n) is 1.80. The summed E-state index contributed by atoms with van der Waals surface area (Å²) in [6.07, 6.45) is 1.67. The Morgan fingerprint density at radius 2 is 1.88 bits per heavy atom. The molecule has 0 aromatic heterocycles. The average Bonchev–Trinajstić information content (AvgIpc) is 2.34. The number of carbonyl (C=O) groups is 2. The summed E-state index contributed by atoms with van der Waals surface area (Å²) in [6.45, 7) is 0. The van der Waals surface area contributed by atoms with Crippen LogP contribution in [-0.2, 0) is 9.59 Å². The van der Waals surface area contributed by atoms with E-state index in [4.69, 9.17) is 9.84 Å². The van der Waals surface area contributed by atoms with E-state index in [-0.39, 0.29) is 0 Å². The van der Waals surface area contributed by atoms with Gasteiger partial charge in [0.25, 0.3) is 5.91 Å². The number of aliphatic carboxylic acids is 1. The fourth-order valence-electron chi connectivity index (χ4n) is 0.997. The third kappa shape index (κ3) is 4.70. The molecule has 0 heterocycles. The number of benzene rings is 1. The Kier molecular flexibility index (Phi) is 4.56. The lowest BCUT2D eigenvalue weighted by Crippen LogP contribution is -2.27. The molecule has 1 rings (SSSR count). The number of amides is 1. The van der Waals surface area contributed by atoms with Crippen molar-refractivity contribution < 1.29 is 19.4 Å². The van der Waals surface area contributed by atoms with Crippen molar-refractivity contribution in [2.24, 2.45) is 0 Å². The Labute approximate surface area is 97.9 Å². The lowest BCUT2D eigenvalue weighted by molar-refractivity contribution is -0.131. The van der Waals surface area contributed by atoms with Crippen molar-refractivity contribution in [1.29, 1.82) is 0 Å². The van der Waals surface area contributed by atoms with Crippen molar-refractivity contribution >= 4 is 17.6 Å². The van der Waals surface area contributed by atoms with Crippen LogP contribution < -0.4 is 15.6 Å². The number of anilines is 1. The van der Waals surface area contributed by atoms with Gasteiger partial charge in [-0.2, -0.15) is 0 Å². The molecule has 0 saturated heterocycles. The smallest absolute Gasteiger partial charge is 0.328 e. The van der Waals surface area contributed by atoms with Crippen LogP contribution in [0.3, 0.4) is 0 Å². The van der Waals surface area contributed by atoms with Crippen LogP contribution in [0.4, 0.5) is 5.69 Å². The highest BCUT2D eigenvalue weighted by atomic mass is 16.5. The van der Waals surface area contributed by atoms with E-state index in [2.05, 4.69) is 10.9 Å². The summed E-state index contributed by atoms with van der Waals surface area (Å²) in [5.74, 6) is -1.03. The van der Waals surface area contributed by atoms with Gasteiger partial charge in [0, 0.05) is 12.2 Å². The minimum atomic E-state index is -1.18. The molecule has 1 amide bonds. The van der Waals surface area contributed by atoms with Crippen LogP contribution in [0.5, 0.6) is 5.75 Å². The number of nitrogens with one attached hydrogen (secondary N) is 2. The topological polar surface area (TPSA) is 87.7 Å². The van der Waals surface area contributed by atoms with Crippen molar-refractivity contribution in [1.82, 2.24) is 5.43 Å². The first-order valence-electron chi connectivity index (χ1n) is 4.73. The Bertz CT molecular complexity index is 426. The minimum absolute atomic E-state index is 0.553. The summed E-state index contributed by atoms with van der Waals surface area (Å²) in [5.41, 5.74) is 5.59. The van der Waals surface area contributed by atoms with E-state index in [1.807, 2.05) is 0 Å². The molecule has 1 aromatic carbocycles. The fraction of sp³-hybridized carbons (Fsp3) is 0.0909. The molecular formula is C11H12N2O4. The van der Waals surface area contributed by atoms with Gasteiger partial charge in [-0.1, -0.05) is 0 Å². The number of hydrazine groups is 1. The number of ether oxygens (including phenoxy) is 1. The molecule has 0 unspecified atom stereocenters. The van der Waals surface area contributed by atoms with Crippen molar-refractivity contribution in [2.75, 3.05) is 12.5 Å². The zero-order chi connectivity index (χ0) is 12.7. The van der Waals surface area contributed by atoms with Crippen molar-refractivity contribution in [2.45, 2.75) is 0 Å². The van der Waals surface area contributed by atoms with E-state index in [9.17, 15) is 9.59 Å². The molecule has 0 aliphatic heterocycles.